The van der Waals surface area contributed by atoms with E-state index < -0.39 is 53.7 Å². The lowest BCUT2D eigenvalue weighted by molar-refractivity contribution is -0.149. The maximum absolute atomic E-state index is 13.2. The van der Waals surface area contributed by atoms with Crippen molar-refractivity contribution < 1.29 is 65.6 Å². The number of carbonyl (C=O) groups excluding carboxylic acids is 5. The van der Waals surface area contributed by atoms with Gasteiger partial charge < -0.3 is 30.8 Å². The van der Waals surface area contributed by atoms with Gasteiger partial charge in [-0.2, -0.15) is 23.4 Å². The number of alkyl halides is 3. The SMILES string of the molecule is CC(=O)CC(=O)OC(C)C.CC(=O)O.CC1=C(C(=O)OC(C)C)C(c2cn[nH]c2-c2ccc(C(F)(F)F)cc2)C(C(=O)OC(C)C)=C(C)N1.N.O=Cc1cn[nH]c1-c1ccc(F)cc1. The molecule has 0 unspecified atom stereocenters. The van der Waals surface area contributed by atoms with Gasteiger partial charge in [-0.15, -0.1) is 0 Å². The molecule has 3 heterocycles. The van der Waals surface area contributed by atoms with Crippen LogP contribution in [0.15, 0.2) is 83.5 Å². The number of carboxylic acid groups (broad SMARTS) is 1. The smallest absolute Gasteiger partial charge is 0.416 e. The molecule has 0 radical (unpaired) electrons. The Labute approximate surface area is 367 Å². The molecule has 1 aliphatic heterocycles. The number of aliphatic carboxylic acids is 1. The first-order chi connectivity index (χ1) is 29.4. The Morgan fingerprint density at radius 3 is 1.58 bits per heavy atom. The van der Waals surface area contributed by atoms with Crippen LogP contribution in [-0.2, 0) is 44.4 Å². The number of ketones is 1. The van der Waals surface area contributed by atoms with Crippen LogP contribution in [-0.4, -0.2) is 79.8 Å². The van der Waals surface area contributed by atoms with Gasteiger partial charge in [-0.05, 0) is 104 Å². The summed E-state index contributed by atoms with van der Waals surface area (Å²) in [5.74, 6) is -3.92. The monoisotopic (exact) mass is 902 g/mol. The topological polar surface area (TPSA) is 255 Å². The molecule has 16 nitrogen and oxygen atoms in total. The number of hydrogen-bond donors (Lipinski definition) is 5. The molecule has 2 aromatic heterocycles. The van der Waals surface area contributed by atoms with Crippen molar-refractivity contribution in [2.45, 2.75) is 106 Å². The fraction of sp³-hybridized carbons (Fsp3) is 0.364. The van der Waals surface area contributed by atoms with E-state index in [1.54, 1.807) is 67.5 Å². The van der Waals surface area contributed by atoms with Crippen LogP contribution in [0.1, 0.15) is 103 Å². The van der Waals surface area contributed by atoms with E-state index in [-0.39, 0.29) is 41.4 Å². The van der Waals surface area contributed by atoms with Gasteiger partial charge in [0, 0.05) is 29.4 Å². The number of rotatable bonds is 11. The molecular formula is C44H54F4N6O10. The summed E-state index contributed by atoms with van der Waals surface area (Å²) < 4.78 is 67.4. The van der Waals surface area contributed by atoms with E-state index in [0.29, 0.717) is 45.8 Å². The second kappa shape index (κ2) is 25.2. The molecule has 0 atom stereocenters. The Morgan fingerprint density at radius 2 is 1.16 bits per heavy atom. The maximum atomic E-state index is 13.2. The van der Waals surface area contributed by atoms with Crippen molar-refractivity contribution in [3.8, 4) is 22.5 Å². The molecule has 5 rings (SSSR count). The highest BCUT2D eigenvalue weighted by atomic mass is 19.4. The van der Waals surface area contributed by atoms with E-state index in [1.165, 1.54) is 43.6 Å². The first kappa shape index (κ1) is 55.1. The van der Waals surface area contributed by atoms with E-state index in [0.717, 1.165) is 24.6 Å². The van der Waals surface area contributed by atoms with Gasteiger partial charge in [-0.3, -0.25) is 29.4 Å². The van der Waals surface area contributed by atoms with E-state index >= 15 is 0 Å². The predicted molar refractivity (Wildman–Crippen MR) is 227 cm³/mol. The predicted octanol–water partition coefficient (Wildman–Crippen LogP) is 8.43. The fourth-order valence-corrected chi connectivity index (χ4v) is 5.71. The zero-order valence-electron chi connectivity index (χ0n) is 37.1. The number of benzene rings is 2. The molecule has 1 aliphatic rings. The minimum atomic E-state index is -4.48. The maximum Gasteiger partial charge on any atom is 0.416 e. The normalized spacial score (nSPS) is 12.3. The third-order valence-electron chi connectivity index (χ3n) is 8.06. The number of carboxylic acids is 1. The van der Waals surface area contributed by atoms with E-state index in [1.807, 2.05) is 0 Å². The van der Waals surface area contributed by atoms with E-state index in [4.69, 9.17) is 24.1 Å². The average Bonchev–Trinajstić information content (AvgIpc) is 3.84. The second-order valence-electron chi connectivity index (χ2n) is 14.6. The summed E-state index contributed by atoms with van der Waals surface area (Å²) in [5.41, 5.74) is 3.59. The van der Waals surface area contributed by atoms with Gasteiger partial charge in [0.2, 0.25) is 0 Å². The van der Waals surface area contributed by atoms with Gasteiger partial charge in [0.1, 0.15) is 18.0 Å². The number of nitrogens with one attached hydrogen (secondary N) is 3. The molecule has 0 amide bonds. The molecule has 20 heteroatoms. The molecule has 0 spiro atoms. The number of esters is 3. The number of aromatic nitrogens is 4. The minimum Gasteiger partial charge on any atom is -0.481 e. The number of halogens is 4. The Hall–Kier alpha value is -6.96. The molecule has 7 N–H and O–H groups in total. The number of allylic oxidation sites excluding steroid dienone is 2. The zero-order chi connectivity index (χ0) is 47.8. The number of Topliss-reactive ketones (excluding diaryl/α,β-unsaturated/α-hetero) is 1. The van der Waals surface area contributed by atoms with Gasteiger partial charge in [-0.1, -0.05) is 12.1 Å². The van der Waals surface area contributed by atoms with Crippen LogP contribution < -0.4 is 11.5 Å². The van der Waals surface area contributed by atoms with Crippen molar-refractivity contribution in [3.05, 3.63) is 106 Å². The van der Waals surface area contributed by atoms with Crippen LogP contribution in [0.4, 0.5) is 17.6 Å². The molecule has 4 aromatic rings. The fourth-order valence-electron chi connectivity index (χ4n) is 5.71. The van der Waals surface area contributed by atoms with Crippen molar-refractivity contribution >= 4 is 35.9 Å². The first-order valence-electron chi connectivity index (χ1n) is 19.3. The number of carbonyl (C=O) groups is 6. The number of ether oxygens (including phenoxy) is 3. The van der Waals surface area contributed by atoms with Crippen LogP contribution in [0.2, 0.25) is 0 Å². The summed E-state index contributed by atoms with van der Waals surface area (Å²) in [5, 5.41) is 23.8. The number of aldehydes is 1. The van der Waals surface area contributed by atoms with Gasteiger partial charge in [0.25, 0.3) is 5.97 Å². The van der Waals surface area contributed by atoms with Gasteiger partial charge in [0.05, 0.1) is 70.3 Å². The second-order valence-corrected chi connectivity index (χ2v) is 14.6. The number of aromatic amines is 2. The molecule has 64 heavy (non-hydrogen) atoms. The van der Waals surface area contributed by atoms with Gasteiger partial charge in [-0.25, -0.2) is 14.0 Å². The number of dihydropyridines is 1. The molecular weight excluding hydrogens is 849 g/mol. The Morgan fingerprint density at radius 1 is 0.734 bits per heavy atom. The van der Waals surface area contributed by atoms with Crippen molar-refractivity contribution in [2.24, 2.45) is 0 Å². The molecule has 0 saturated heterocycles. The third-order valence-corrected chi connectivity index (χ3v) is 8.06. The third kappa shape index (κ3) is 17.1. The number of nitrogens with zero attached hydrogens (tertiary/aromatic N) is 2. The summed E-state index contributed by atoms with van der Waals surface area (Å²) in [6, 6.07) is 10.4. The highest BCUT2D eigenvalue weighted by Crippen LogP contribution is 2.43. The quantitative estimate of drug-likeness (QED) is 0.0311. The molecule has 0 aliphatic carbocycles. The average molecular weight is 903 g/mol. The van der Waals surface area contributed by atoms with Crippen LogP contribution in [0.3, 0.4) is 0 Å². The Bertz CT molecular complexity index is 2230. The highest BCUT2D eigenvalue weighted by Gasteiger charge is 2.40. The highest BCUT2D eigenvalue weighted by molar-refractivity contribution is 6.00. The standard InChI is InChI=1S/C25H28F3N3O4.C10H7FN2O.C7H12O3.C2H4O2.H3N/c1-12(2)34-23(32)19-14(5)30-15(6)20(24(33)35-13(3)4)21(19)18-11-29-31-22(18)16-7-9-17(10-8-16)25(26,27)28;11-9-3-1-7(2-4-9)10-8(6-14)5-12-13-10;1-5(2)10-7(9)4-6(3)8;1-2(3)4;/h7-13,21,30H,1-6H3,(H,29,31);1-6H,(H,12,13);5H,4H2,1-3H3;1H3,(H,3,4);1H3. The van der Waals surface area contributed by atoms with E-state index in [2.05, 4.69) is 25.7 Å². The Kier molecular flexibility index (Phi) is 21.7. The van der Waals surface area contributed by atoms with Gasteiger partial charge >= 0.3 is 24.1 Å². The van der Waals surface area contributed by atoms with Crippen LogP contribution in [0, 0.1) is 5.82 Å². The largest absolute Gasteiger partial charge is 0.481 e. The molecule has 0 bridgehead atoms. The molecule has 348 valence electrons. The lowest BCUT2D eigenvalue weighted by Crippen LogP contribution is -2.33. The lowest BCUT2D eigenvalue weighted by atomic mass is 9.79. The van der Waals surface area contributed by atoms with Crippen LogP contribution >= 0.6 is 0 Å². The van der Waals surface area contributed by atoms with Crippen molar-refractivity contribution in [3.63, 3.8) is 0 Å². The summed E-state index contributed by atoms with van der Waals surface area (Å²) in [4.78, 5) is 66.9. The summed E-state index contributed by atoms with van der Waals surface area (Å²) in [6.45, 7) is 16.2. The summed E-state index contributed by atoms with van der Waals surface area (Å²) in [6.07, 6.45) is -1.96. The van der Waals surface area contributed by atoms with Crippen molar-refractivity contribution in [2.75, 3.05) is 0 Å². The summed E-state index contributed by atoms with van der Waals surface area (Å²) in [7, 11) is 0. The number of hydrogen-bond acceptors (Lipinski definition) is 13. The van der Waals surface area contributed by atoms with Crippen LogP contribution in [0.25, 0.3) is 22.5 Å². The molecule has 0 fully saturated rings. The van der Waals surface area contributed by atoms with Gasteiger partial charge in [0.15, 0.2) is 6.29 Å². The summed E-state index contributed by atoms with van der Waals surface area (Å²) >= 11 is 0. The van der Waals surface area contributed by atoms with Crippen molar-refractivity contribution in [1.82, 2.24) is 31.9 Å². The van der Waals surface area contributed by atoms with Crippen molar-refractivity contribution in [1.29, 1.82) is 0 Å². The van der Waals surface area contributed by atoms with E-state index in [9.17, 15) is 41.5 Å². The molecule has 0 saturated carbocycles. The minimum absolute atomic E-state index is 0. The Balaban J connectivity index is 0.000000574. The molecule has 2 aromatic carbocycles. The lowest BCUT2D eigenvalue weighted by Gasteiger charge is -2.31. The number of H-pyrrole nitrogens is 2. The first-order valence-corrected chi connectivity index (χ1v) is 19.3. The van der Waals surface area contributed by atoms with Crippen LogP contribution in [0.5, 0.6) is 0 Å². The zero-order valence-corrected chi connectivity index (χ0v) is 37.1.